The van der Waals surface area contributed by atoms with Crippen LogP contribution in [0.25, 0.3) is 0 Å². The van der Waals surface area contributed by atoms with Gasteiger partial charge in [-0.25, -0.2) is 4.98 Å². The van der Waals surface area contributed by atoms with Crippen LogP contribution in [-0.4, -0.2) is 39.4 Å². The zero-order chi connectivity index (χ0) is 12.8. The Morgan fingerprint density at radius 2 is 2.18 bits per heavy atom. The van der Waals surface area contributed by atoms with E-state index in [-0.39, 0.29) is 30.4 Å². The molecule has 1 aromatic heterocycles. The van der Waals surface area contributed by atoms with Crippen LogP contribution in [-0.2, 0) is 0 Å². The van der Waals surface area contributed by atoms with Crippen molar-refractivity contribution in [3.63, 3.8) is 0 Å². The van der Waals surface area contributed by atoms with E-state index in [1.54, 1.807) is 6.07 Å². The molecule has 8 heteroatoms. The van der Waals surface area contributed by atoms with E-state index in [9.17, 15) is 10.1 Å². The van der Waals surface area contributed by atoms with Gasteiger partial charge in [0.15, 0.2) is 0 Å². The maximum atomic E-state index is 10.5. The first kappa shape index (κ1) is 12.8. The van der Waals surface area contributed by atoms with Gasteiger partial charge in [-0.3, -0.25) is 10.1 Å². The second-order valence-electron chi connectivity index (χ2n) is 3.14. The molecule has 0 spiro atoms. The Bertz CT molecular complexity index is 453. The summed E-state index contributed by atoms with van der Waals surface area (Å²) in [5.74, 6) is 0.181. The largest absolute Gasteiger partial charge is 0.394 e. The van der Waals surface area contributed by atoms with Gasteiger partial charge in [0, 0.05) is 6.07 Å². The molecule has 0 saturated carbocycles. The molecule has 0 saturated heterocycles. The van der Waals surface area contributed by atoms with E-state index in [1.807, 2.05) is 0 Å². The van der Waals surface area contributed by atoms with Crippen molar-refractivity contribution in [2.75, 3.05) is 18.5 Å². The highest BCUT2D eigenvalue weighted by Crippen LogP contribution is 2.18. The predicted octanol–water partition coefficient (Wildman–Crippen LogP) is -0.373. The highest BCUT2D eigenvalue weighted by molar-refractivity contribution is 5.50. The second kappa shape index (κ2) is 5.74. The Kier molecular flexibility index (Phi) is 4.33. The maximum absolute atomic E-state index is 10.5. The summed E-state index contributed by atoms with van der Waals surface area (Å²) in [6.45, 7) is -0.645. The standard InChI is InChI=1S/C9H10N4O4/c10-3-7-8(13(16)17)1-2-9(12-7)11-6(4-14)5-15/h1-2,6,14-15H,4-5H2,(H,11,12). The normalized spacial score (nSPS) is 10.0. The summed E-state index contributed by atoms with van der Waals surface area (Å²) in [6.07, 6.45) is 0. The zero-order valence-electron chi connectivity index (χ0n) is 8.70. The third-order valence-electron chi connectivity index (χ3n) is 1.97. The minimum Gasteiger partial charge on any atom is -0.394 e. The molecule has 0 radical (unpaired) electrons. The van der Waals surface area contributed by atoms with E-state index < -0.39 is 11.0 Å². The van der Waals surface area contributed by atoms with Crippen molar-refractivity contribution in [1.29, 1.82) is 5.26 Å². The Hall–Kier alpha value is -2.24. The Morgan fingerprint density at radius 3 is 2.65 bits per heavy atom. The lowest BCUT2D eigenvalue weighted by atomic mass is 10.3. The number of nitrogens with zero attached hydrogens (tertiary/aromatic N) is 3. The maximum Gasteiger partial charge on any atom is 0.305 e. The number of anilines is 1. The third kappa shape index (κ3) is 3.10. The van der Waals surface area contributed by atoms with Crippen LogP contribution in [0.2, 0.25) is 0 Å². The number of nitriles is 1. The van der Waals surface area contributed by atoms with Crippen LogP contribution in [0.1, 0.15) is 5.69 Å². The van der Waals surface area contributed by atoms with Gasteiger partial charge in [-0.05, 0) is 6.07 Å². The minimum atomic E-state index is -0.703. The molecule has 8 nitrogen and oxygen atoms in total. The number of hydrogen-bond donors (Lipinski definition) is 3. The molecule has 0 aliphatic carbocycles. The lowest BCUT2D eigenvalue weighted by Gasteiger charge is -2.13. The van der Waals surface area contributed by atoms with Crippen LogP contribution in [0.15, 0.2) is 12.1 Å². The summed E-state index contributed by atoms with van der Waals surface area (Å²) in [6, 6.07) is 3.42. The molecule has 1 heterocycles. The minimum absolute atomic E-state index is 0.181. The molecular weight excluding hydrogens is 228 g/mol. The highest BCUT2D eigenvalue weighted by Gasteiger charge is 2.16. The quantitative estimate of drug-likeness (QED) is 0.470. The molecule has 0 atom stereocenters. The zero-order valence-corrected chi connectivity index (χ0v) is 8.70. The van der Waals surface area contributed by atoms with E-state index in [0.29, 0.717) is 0 Å². The number of rotatable bonds is 5. The lowest BCUT2D eigenvalue weighted by molar-refractivity contribution is -0.385. The van der Waals surface area contributed by atoms with Gasteiger partial charge >= 0.3 is 5.69 Å². The van der Waals surface area contributed by atoms with Gasteiger partial charge in [0.25, 0.3) is 0 Å². The fraction of sp³-hybridized carbons (Fsp3) is 0.333. The molecular formula is C9H10N4O4. The van der Waals surface area contributed by atoms with E-state index in [2.05, 4.69) is 10.3 Å². The smallest absolute Gasteiger partial charge is 0.305 e. The topological polar surface area (TPSA) is 132 Å². The number of nitrogens with one attached hydrogen (secondary N) is 1. The summed E-state index contributed by atoms with van der Waals surface area (Å²) in [5.41, 5.74) is -0.711. The molecule has 0 bridgehead atoms. The van der Waals surface area contributed by atoms with Crippen LogP contribution in [0.4, 0.5) is 11.5 Å². The van der Waals surface area contributed by atoms with Gasteiger partial charge in [0.05, 0.1) is 24.2 Å². The molecule has 1 rings (SSSR count). The van der Waals surface area contributed by atoms with Crippen LogP contribution in [0, 0.1) is 21.4 Å². The van der Waals surface area contributed by atoms with E-state index in [1.165, 1.54) is 6.07 Å². The predicted molar refractivity (Wildman–Crippen MR) is 57.2 cm³/mol. The molecule has 90 valence electrons. The fourth-order valence-electron chi connectivity index (χ4n) is 1.12. The first-order valence-electron chi connectivity index (χ1n) is 4.66. The number of aliphatic hydroxyl groups excluding tert-OH is 2. The number of aliphatic hydroxyl groups is 2. The van der Waals surface area contributed by atoms with E-state index in [0.717, 1.165) is 6.07 Å². The van der Waals surface area contributed by atoms with Crippen molar-refractivity contribution in [1.82, 2.24) is 4.98 Å². The monoisotopic (exact) mass is 238 g/mol. The number of nitro groups is 1. The average Bonchev–Trinajstić information content (AvgIpc) is 2.35. The van der Waals surface area contributed by atoms with Gasteiger partial charge in [0.2, 0.25) is 5.69 Å². The van der Waals surface area contributed by atoms with Gasteiger partial charge in [-0.1, -0.05) is 0 Å². The summed E-state index contributed by atoms with van der Waals surface area (Å²) in [4.78, 5) is 13.5. The van der Waals surface area contributed by atoms with Crippen molar-refractivity contribution in [2.24, 2.45) is 0 Å². The molecule has 0 aliphatic rings. The fourth-order valence-corrected chi connectivity index (χ4v) is 1.12. The molecule has 1 aromatic rings. The number of pyridine rings is 1. The van der Waals surface area contributed by atoms with Crippen molar-refractivity contribution in [3.8, 4) is 6.07 Å². The first-order valence-corrected chi connectivity index (χ1v) is 4.66. The number of aromatic nitrogens is 1. The SMILES string of the molecule is N#Cc1nc(NC(CO)CO)ccc1[N+](=O)[O-]. The third-order valence-corrected chi connectivity index (χ3v) is 1.97. The van der Waals surface area contributed by atoms with E-state index in [4.69, 9.17) is 15.5 Å². The van der Waals surface area contributed by atoms with Gasteiger partial charge in [-0.15, -0.1) is 0 Å². The Labute approximate surface area is 96.3 Å². The number of hydrogen-bond acceptors (Lipinski definition) is 7. The first-order chi connectivity index (χ1) is 8.12. The van der Waals surface area contributed by atoms with E-state index >= 15 is 0 Å². The second-order valence-corrected chi connectivity index (χ2v) is 3.14. The van der Waals surface area contributed by atoms with Gasteiger partial charge < -0.3 is 15.5 Å². The van der Waals surface area contributed by atoms with Crippen molar-refractivity contribution >= 4 is 11.5 Å². The van der Waals surface area contributed by atoms with Crippen LogP contribution in [0.5, 0.6) is 0 Å². The summed E-state index contributed by atoms with van der Waals surface area (Å²) in [7, 11) is 0. The van der Waals surface area contributed by atoms with Crippen molar-refractivity contribution in [3.05, 3.63) is 27.9 Å². The average molecular weight is 238 g/mol. The molecule has 17 heavy (non-hydrogen) atoms. The Balaban J connectivity index is 2.98. The molecule has 0 fully saturated rings. The molecule has 0 unspecified atom stereocenters. The van der Waals surface area contributed by atoms with Crippen molar-refractivity contribution in [2.45, 2.75) is 6.04 Å². The summed E-state index contributed by atoms with van der Waals surface area (Å²) >= 11 is 0. The van der Waals surface area contributed by atoms with Crippen LogP contribution in [0.3, 0.4) is 0 Å². The molecule has 0 amide bonds. The molecule has 3 N–H and O–H groups in total. The van der Waals surface area contributed by atoms with Crippen LogP contribution >= 0.6 is 0 Å². The van der Waals surface area contributed by atoms with Crippen molar-refractivity contribution < 1.29 is 15.1 Å². The molecule has 0 aliphatic heterocycles. The molecule has 0 aromatic carbocycles. The highest BCUT2D eigenvalue weighted by atomic mass is 16.6. The van der Waals surface area contributed by atoms with Gasteiger partial charge in [0.1, 0.15) is 11.9 Å². The summed E-state index contributed by atoms with van der Waals surface area (Å²) in [5, 5.41) is 39.5. The lowest BCUT2D eigenvalue weighted by Crippen LogP contribution is -2.28. The summed E-state index contributed by atoms with van der Waals surface area (Å²) < 4.78 is 0. The van der Waals surface area contributed by atoms with Gasteiger partial charge in [-0.2, -0.15) is 5.26 Å². The van der Waals surface area contributed by atoms with Crippen LogP contribution < -0.4 is 5.32 Å². The Morgan fingerprint density at radius 1 is 1.53 bits per heavy atom.